The number of thiazole rings is 1. The Hall–Kier alpha value is -1.60. The van der Waals surface area contributed by atoms with E-state index in [1.165, 1.54) is 0 Å². The van der Waals surface area contributed by atoms with Crippen molar-refractivity contribution in [2.24, 2.45) is 0 Å². The Morgan fingerprint density at radius 2 is 2.29 bits per heavy atom. The highest BCUT2D eigenvalue weighted by molar-refractivity contribution is 7.18. The second-order valence-electron chi connectivity index (χ2n) is 4.15. The Bertz CT molecular complexity index is 585. The first-order valence-corrected chi connectivity index (χ1v) is 6.31. The van der Waals surface area contributed by atoms with E-state index < -0.39 is 5.41 Å². The molecule has 17 heavy (non-hydrogen) atoms. The number of benzene rings is 1. The number of aromatic nitrogens is 1. The number of ether oxygens (including phenoxy) is 1. The third-order valence-electron chi connectivity index (χ3n) is 3.02. The smallest absolute Gasteiger partial charge is 0.120 e. The van der Waals surface area contributed by atoms with Gasteiger partial charge in [0.05, 0.1) is 23.4 Å². The molecular formula is C13H14N2OS. The van der Waals surface area contributed by atoms with Gasteiger partial charge < -0.3 is 4.74 Å². The van der Waals surface area contributed by atoms with Crippen LogP contribution in [0.5, 0.6) is 5.75 Å². The number of rotatable bonds is 3. The van der Waals surface area contributed by atoms with Crippen molar-refractivity contribution in [2.75, 3.05) is 7.11 Å². The lowest BCUT2D eigenvalue weighted by atomic mass is 9.90. The van der Waals surface area contributed by atoms with Crippen LogP contribution in [0.25, 0.3) is 10.2 Å². The monoisotopic (exact) mass is 246 g/mol. The Morgan fingerprint density at radius 3 is 2.88 bits per heavy atom. The molecule has 1 atom stereocenters. The van der Waals surface area contributed by atoms with Crippen molar-refractivity contribution in [1.82, 2.24) is 4.98 Å². The van der Waals surface area contributed by atoms with Crippen LogP contribution in [0, 0.1) is 11.3 Å². The summed E-state index contributed by atoms with van der Waals surface area (Å²) in [4.78, 5) is 4.54. The van der Waals surface area contributed by atoms with E-state index in [4.69, 9.17) is 4.74 Å². The van der Waals surface area contributed by atoms with Crippen molar-refractivity contribution in [2.45, 2.75) is 25.7 Å². The zero-order valence-electron chi connectivity index (χ0n) is 10.2. The molecule has 0 fully saturated rings. The molecule has 1 heterocycles. The molecular weight excluding hydrogens is 232 g/mol. The van der Waals surface area contributed by atoms with Crippen molar-refractivity contribution >= 4 is 21.6 Å². The topological polar surface area (TPSA) is 45.9 Å². The molecule has 0 bridgehead atoms. The molecule has 4 heteroatoms. The van der Waals surface area contributed by atoms with E-state index >= 15 is 0 Å². The molecule has 0 radical (unpaired) electrons. The van der Waals surface area contributed by atoms with Gasteiger partial charge >= 0.3 is 0 Å². The first-order chi connectivity index (χ1) is 8.12. The Balaban J connectivity index is 2.55. The van der Waals surface area contributed by atoms with Crippen LogP contribution < -0.4 is 4.74 Å². The summed E-state index contributed by atoms with van der Waals surface area (Å²) in [6, 6.07) is 8.14. The van der Waals surface area contributed by atoms with Gasteiger partial charge in [-0.2, -0.15) is 5.26 Å². The molecule has 0 aliphatic heterocycles. The van der Waals surface area contributed by atoms with Crippen LogP contribution in [-0.4, -0.2) is 12.1 Å². The van der Waals surface area contributed by atoms with Gasteiger partial charge in [0.1, 0.15) is 16.2 Å². The van der Waals surface area contributed by atoms with E-state index in [0.29, 0.717) is 0 Å². The highest BCUT2D eigenvalue weighted by Gasteiger charge is 2.28. The van der Waals surface area contributed by atoms with Crippen molar-refractivity contribution in [3.05, 3.63) is 23.2 Å². The maximum Gasteiger partial charge on any atom is 0.120 e. The maximum absolute atomic E-state index is 9.26. The minimum absolute atomic E-state index is 0.489. The molecule has 1 aromatic carbocycles. The van der Waals surface area contributed by atoms with Crippen LogP contribution in [-0.2, 0) is 5.41 Å². The van der Waals surface area contributed by atoms with Crippen molar-refractivity contribution in [3.8, 4) is 11.8 Å². The SMILES string of the molecule is CCC(C)(C#N)c1nc2ccc(OC)cc2s1. The maximum atomic E-state index is 9.26. The fraction of sp³-hybridized carbons (Fsp3) is 0.385. The molecule has 2 aromatic rings. The summed E-state index contributed by atoms with van der Waals surface area (Å²) in [5.41, 5.74) is 0.442. The predicted molar refractivity (Wildman–Crippen MR) is 69.4 cm³/mol. The molecule has 0 spiro atoms. The van der Waals surface area contributed by atoms with E-state index in [1.54, 1.807) is 18.4 Å². The molecule has 0 aliphatic rings. The molecule has 1 aromatic heterocycles. The average molecular weight is 246 g/mol. The summed E-state index contributed by atoms with van der Waals surface area (Å²) in [5, 5.41) is 10.1. The molecule has 0 saturated carbocycles. The van der Waals surface area contributed by atoms with Crippen LogP contribution in [0.15, 0.2) is 18.2 Å². The van der Waals surface area contributed by atoms with E-state index in [0.717, 1.165) is 27.4 Å². The van der Waals surface area contributed by atoms with Crippen molar-refractivity contribution in [3.63, 3.8) is 0 Å². The standard InChI is InChI=1S/C13H14N2OS/c1-4-13(2,8-14)12-15-10-6-5-9(16-3)7-11(10)17-12/h5-7H,4H2,1-3H3. The van der Waals surface area contributed by atoms with Gasteiger partial charge in [0, 0.05) is 0 Å². The van der Waals surface area contributed by atoms with E-state index in [2.05, 4.69) is 11.1 Å². The predicted octanol–water partition coefficient (Wildman–Crippen LogP) is 3.50. The van der Waals surface area contributed by atoms with Gasteiger partial charge in [-0.15, -0.1) is 11.3 Å². The molecule has 3 nitrogen and oxygen atoms in total. The van der Waals surface area contributed by atoms with Gasteiger partial charge in [0.2, 0.25) is 0 Å². The molecule has 0 amide bonds. The number of hydrogen-bond donors (Lipinski definition) is 0. The fourth-order valence-corrected chi connectivity index (χ4v) is 2.71. The molecule has 1 unspecified atom stereocenters. The zero-order chi connectivity index (χ0) is 12.5. The Kier molecular flexibility index (Phi) is 3.03. The second-order valence-corrected chi connectivity index (χ2v) is 5.18. The van der Waals surface area contributed by atoms with Gasteiger partial charge in [-0.3, -0.25) is 0 Å². The summed E-state index contributed by atoms with van der Waals surface area (Å²) in [5.74, 6) is 0.822. The molecule has 88 valence electrons. The van der Waals surface area contributed by atoms with Crippen LogP contribution in [0.2, 0.25) is 0 Å². The van der Waals surface area contributed by atoms with E-state index in [1.807, 2.05) is 32.0 Å². The summed E-state index contributed by atoms with van der Waals surface area (Å²) in [6.45, 7) is 3.94. The highest BCUT2D eigenvalue weighted by atomic mass is 32.1. The highest BCUT2D eigenvalue weighted by Crippen LogP contribution is 2.34. The van der Waals surface area contributed by atoms with Gasteiger partial charge in [-0.1, -0.05) is 6.92 Å². The second kappa shape index (κ2) is 4.34. The molecule has 2 rings (SSSR count). The van der Waals surface area contributed by atoms with Gasteiger partial charge in [-0.05, 0) is 31.5 Å². The summed E-state index contributed by atoms with van der Waals surface area (Å²) in [7, 11) is 1.65. The lowest BCUT2D eigenvalue weighted by molar-refractivity contribution is 0.415. The fourth-order valence-electron chi connectivity index (χ4n) is 1.55. The normalized spacial score (nSPS) is 14.2. The number of nitrogens with zero attached hydrogens (tertiary/aromatic N) is 2. The van der Waals surface area contributed by atoms with Crippen molar-refractivity contribution in [1.29, 1.82) is 5.26 Å². The van der Waals surface area contributed by atoms with Crippen LogP contribution >= 0.6 is 11.3 Å². The molecule has 0 saturated heterocycles. The summed E-state index contributed by atoms with van der Waals surface area (Å²) >= 11 is 1.57. The van der Waals surface area contributed by atoms with Crippen LogP contribution in [0.3, 0.4) is 0 Å². The quantitative estimate of drug-likeness (QED) is 0.832. The summed E-state index contributed by atoms with van der Waals surface area (Å²) < 4.78 is 6.25. The first-order valence-electron chi connectivity index (χ1n) is 5.49. The minimum atomic E-state index is -0.489. The molecule has 0 N–H and O–H groups in total. The average Bonchev–Trinajstić information content (AvgIpc) is 2.80. The minimum Gasteiger partial charge on any atom is -0.497 e. The Labute approximate surface area is 105 Å². The third-order valence-corrected chi connectivity index (χ3v) is 4.30. The number of nitriles is 1. The number of fused-ring (bicyclic) bond motifs is 1. The lowest BCUT2D eigenvalue weighted by Gasteiger charge is -2.14. The van der Waals surface area contributed by atoms with Gasteiger partial charge in [-0.25, -0.2) is 4.98 Å². The van der Waals surface area contributed by atoms with Crippen LogP contribution in [0.1, 0.15) is 25.3 Å². The van der Waals surface area contributed by atoms with Gasteiger partial charge in [0.25, 0.3) is 0 Å². The molecule has 0 aliphatic carbocycles. The zero-order valence-corrected chi connectivity index (χ0v) is 11.0. The first kappa shape index (κ1) is 11.9. The number of hydrogen-bond acceptors (Lipinski definition) is 4. The van der Waals surface area contributed by atoms with Crippen LogP contribution in [0.4, 0.5) is 0 Å². The number of methoxy groups -OCH3 is 1. The van der Waals surface area contributed by atoms with E-state index in [9.17, 15) is 5.26 Å². The van der Waals surface area contributed by atoms with Gasteiger partial charge in [0.15, 0.2) is 0 Å². The lowest BCUT2D eigenvalue weighted by Crippen LogP contribution is -2.17. The summed E-state index contributed by atoms with van der Waals surface area (Å²) in [6.07, 6.45) is 0.764. The third kappa shape index (κ3) is 1.98. The van der Waals surface area contributed by atoms with E-state index in [-0.39, 0.29) is 0 Å². The Morgan fingerprint density at radius 1 is 1.53 bits per heavy atom. The largest absolute Gasteiger partial charge is 0.497 e. The van der Waals surface area contributed by atoms with Crippen molar-refractivity contribution < 1.29 is 4.74 Å².